The zero-order valence-electron chi connectivity index (χ0n) is 18.7. The molecule has 0 saturated carbocycles. The van der Waals surface area contributed by atoms with Gasteiger partial charge in [-0.3, -0.25) is 14.5 Å². The molecule has 1 fully saturated rings. The molecule has 1 aromatic heterocycles. The molecule has 2 heterocycles. The van der Waals surface area contributed by atoms with Crippen molar-refractivity contribution in [3.05, 3.63) is 52.8 Å². The molecule has 2 aromatic rings. The topological polar surface area (TPSA) is 89.9 Å². The van der Waals surface area contributed by atoms with Crippen molar-refractivity contribution in [2.75, 3.05) is 27.4 Å². The number of amides is 3. The number of ketones is 1. The van der Waals surface area contributed by atoms with Gasteiger partial charge in [0.25, 0.3) is 5.91 Å². The lowest BCUT2D eigenvalue weighted by molar-refractivity contribution is -0.131. The van der Waals surface area contributed by atoms with Gasteiger partial charge < -0.3 is 19.4 Å². The van der Waals surface area contributed by atoms with Crippen molar-refractivity contribution >= 4 is 17.7 Å². The van der Waals surface area contributed by atoms with Crippen molar-refractivity contribution in [1.82, 2.24) is 14.8 Å². The van der Waals surface area contributed by atoms with Crippen LogP contribution in [0.3, 0.4) is 0 Å². The second-order valence-corrected chi connectivity index (χ2v) is 7.66. The number of aromatic nitrogens is 1. The summed E-state index contributed by atoms with van der Waals surface area (Å²) in [6.45, 7) is 6.45. The van der Waals surface area contributed by atoms with Crippen LogP contribution in [0, 0.1) is 13.8 Å². The van der Waals surface area contributed by atoms with Crippen molar-refractivity contribution in [3.8, 4) is 5.75 Å². The number of nitrogens with zero attached hydrogens (tertiary/aromatic N) is 2. The van der Waals surface area contributed by atoms with Gasteiger partial charge in [0.15, 0.2) is 5.78 Å². The number of nitrogens with one attached hydrogen (secondary N) is 1. The van der Waals surface area contributed by atoms with Gasteiger partial charge in [-0.25, -0.2) is 4.79 Å². The van der Waals surface area contributed by atoms with Crippen LogP contribution >= 0.6 is 0 Å². The van der Waals surface area contributed by atoms with Crippen LogP contribution in [0.2, 0.25) is 0 Å². The van der Waals surface area contributed by atoms with Gasteiger partial charge in [0.1, 0.15) is 11.3 Å². The maximum absolute atomic E-state index is 13.3. The van der Waals surface area contributed by atoms with Gasteiger partial charge in [0.2, 0.25) is 0 Å². The molecule has 1 aromatic carbocycles. The predicted molar refractivity (Wildman–Crippen MR) is 115 cm³/mol. The number of hydrogen-bond donors (Lipinski definition) is 1. The number of carbonyl (C=O) groups excluding carboxylic acids is 3. The van der Waals surface area contributed by atoms with Crippen LogP contribution in [0.25, 0.3) is 0 Å². The number of rotatable bonds is 9. The lowest BCUT2D eigenvalue weighted by Crippen LogP contribution is -2.43. The highest BCUT2D eigenvalue weighted by Crippen LogP contribution is 2.33. The van der Waals surface area contributed by atoms with E-state index < -0.39 is 17.5 Å². The molecular formula is C23H29N3O5. The minimum atomic E-state index is -1.20. The predicted octanol–water partition coefficient (Wildman–Crippen LogP) is 2.80. The first-order valence-electron chi connectivity index (χ1n) is 10.3. The molecule has 1 aliphatic heterocycles. The molecule has 166 valence electrons. The number of benzene rings is 1. The molecule has 1 saturated heterocycles. The van der Waals surface area contributed by atoms with Crippen molar-refractivity contribution in [2.45, 2.75) is 39.3 Å². The molecule has 0 unspecified atom stereocenters. The summed E-state index contributed by atoms with van der Waals surface area (Å²) in [5.74, 6) is -0.0451. The van der Waals surface area contributed by atoms with Crippen molar-refractivity contribution in [2.24, 2.45) is 0 Å². The summed E-state index contributed by atoms with van der Waals surface area (Å²) in [6, 6.07) is 8.24. The maximum Gasteiger partial charge on any atom is 0.325 e. The third-order valence-electron chi connectivity index (χ3n) is 5.98. The Morgan fingerprint density at radius 3 is 2.39 bits per heavy atom. The number of aryl methyl sites for hydroxylation is 1. The van der Waals surface area contributed by atoms with Gasteiger partial charge in [-0.1, -0.05) is 19.1 Å². The quantitative estimate of drug-likeness (QED) is 0.491. The van der Waals surface area contributed by atoms with E-state index in [0.717, 1.165) is 16.3 Å². The molecule has 1 N–H and O–H groups in total. The Bertz CT molecular complexity index is 995. The number of ether oxygens (including phenoxy) is 2. The first-order chi connectivity index (χ1) is 14.8. The lowest BCUT2D eigenvalue weighted by Gasteiger charge is -2.26. The largest absolute Gasteiger partial charge is 0.497 e. The van der Waals surface area contributed by atoms with E-state index in [-0.39, 0.29) is 12.3 Å². The minimum absolute atomic E-state index is 0.276. The standard InChI is InChI=1S/C23H29N3O5/c1-6-23(17-7-9-18(31-5)10-8-17)21(28)26(22(29)24-23)14-20(27)19-13-15(2)25(16(19)3)11-12-30-4/h7-10,13H,6,11-12,14H2,1-5H3,(H,24,29)/t23-/m1/s1. The minimum Gasteiger partial charge on any atom is -0.497 e. The highest BCUT2D eigenvalue weighted by atomic mass is 16.5. The molecule has 0 spiro atoms. The summed E-state index contributed by atoms with van der Waals surface area (Å²) in [5.41, 5.74) is 1.69. The van der Waals surface area contributed by atoms with Gasteiger partial charge in [0.05, 0.1) is 20.3 Å². The molecule has 0 bridgehead atoms. The first-order valence-corrected chi connectivity index (χ1v) is 10.3. The first kappa shape index (κ1) is 22.6. The Kier molecular flexibility index (Phi) is 6.50. The van der Waals surface area contributed by atoms with Gasteiger partial charge in [-0.2, -0.15) is 0 Å². The van der Waals surface area contributed by atoms with Crippen molar-refractivity contribution < 1.29 is 23.9 Å². The third kappa shape index (κ3) is 3.95. The Morgan fingerprint density at radius 1 is 1.13 bits per heavy atom. The molecule has 8 nitrogen and oxygen atoms in total. The summed E-state index contributed by atoms with van der Waals surface area (Å²) in [5, 5.41) is 2.81. The highest BCUT2D eigenvalue weighted by Gasteiger charge is 2.51. The zero-order valence-corrected chi connectivity index (χ0v) is 18.7. The molecule has 31 heavy (non-hydrogen) atoms. The van der Waals surface area contributed by atoms with E-state index in [1.165, 1.54) is 0 Å². The maximum atomic E-state index is 13.3. The average molecular weight is 428 g/mol. The van der Waals surface area contributed by atoms with Gasteiger partial charge in [-0.15, -0.1) is 0 Å². The van der Waals surface area contributed by atoms with Crippen LogP contribution in [0.4, 0.5) is 4.79 Å². The van der Waals surface area contributed by atoms with Gasteiger partial charge in [0, 0.05) is 30.6 Å². The van der Waals surface area contributed by atoms with Crippen LogP contribution in [0.15, 0.2) is 30.3 Å². The number of carbonyl (C=O) groups is 3. The molecule has 1 atom stereocenters. The van der Waals surface area contributed by atoms with E-state index in [1.807, 2.05) is 25.3 Å². The molecule has 0 radical (unpaired) electrons. The van der Waals surface area contributed by atoms with Crippen LogP contribution in [-0.4, -0.2) is 54.6 Å². The summed E-state index contributed by atoms with van der Waals surface area (Å²) in [4.78, 5) is 40.1. The monoisotopic (exact) mass is 427 g/mol. The number of hydrogen-bond acceptors (Lipinski definition) is 5. The fourth-order valence-corrected chi connectivity index (χ4v) is 4.12. The second kappa shape index (κ2) is 8.93. The number of urea groups is 1. The Labute approximate surface area is 182 Å². The highest BCUT2D eigenvalue weighted by molar-refractivity contribution is 6.11. The van der Waals surface area contributed by atoms with E-state index in [9.17, 15) is 14.4 Å². The number of methoxy groups -OCH3 is 2. The normalized spacial score (nSPS) is 18.4. The SMILES string of the molecule is CC[C@]1(c2ccc(OC)cc2)NC(=O)N(CC(=O)c2cc(C)n(CCOC)c2C)C1=O. The summed E-state index contributed by atoms with van der Waals surface area (Å²) in [7, 11) is 3.19. The fraction of sp³-hybridized carbons (Fsp3) is 0.435. The summed E-state index contributed by atoms with van der Waals surface area (Å²) >= 11 is 0. The van der Waals surface area contributed by atoms with E-state index in [1.54, 1.807) is 44.6 Å². The van der Waals surface area contributed by atoms with E-state index in [4.69, 9.17) is 9.47 Å². The molecule has 0 aliphatic carbocycles. The van der Waals surface area contributed by atoms with Crippen molar-refractivity contribution in [3.63, 3.8) is 0 Å². The fourth-order valence-electron chi connectivity index (χ4n) is 4.12. The van der Waals surface area contributed by atoms with Crippen LogP contribution in [0.5, 0.6) is 5.75 Å². The van der Waals surface area contributed by atoms with E-state index in [0.29, 0.717) is 36.4 Å². The zero-order chi connectivity index (χ0) is 22.8. The van der Waals surface area contributed by atoms with E-state index in [2.05, 4.69) is 5.32 Å². The van der Waals surface area contributed by atoms with Crippen LogP contribution < -0.4 is 10.1 Å². The Balaban J connectivity index is 1.85. The molecular weight excluding hydrogens is 398 g/mol. The molecule has 8 heteroatoms. The smallest absolute Gasteiger partial charge is 0.325 e. The van der Waals surface area contributed by atoms with Gasteiger partial charge in [-0.05, 0) is 44.0 Å². The molecule has 3 rings (SSSR count). The molecule has 3 amide bonds. The number of imide groups is 1. The Morgan fingerprint density at radius 2 is 1.81 bits per heavy atom. The van der Waals surface area contributed by atoms with Crippen LogP contribution in [0.1, 0.15) is 40.7 Å². The third-order valence-corrected chi connectivity index (χ3v) is 5.98. The lowest BCUT2D eigenvalue weighted by atomic mass is 9.87. The molecule has 1 aliphatic rings. The Hall–Kier alpha value is -3.13. The number of Topliss-reactive ketones (excluding diaryl/α,β-unsaturated/α-hetero) is 1. The summed E-state index contributed by atoms with van der Waals surface area (Å²) < 4.78 is 12.3. The van der Waals surface area contributed by atoms with E-state index >= 15 is 0 Å². The van der Waals surface area contributed by atoms with Gasteiger partial charge >= 0.3 is 6.03 Å². The van der Waals surface area contributed by atoms with Crippen LogP contribution in [-0.2, 0) is 21.6 Å². The summed E-state index contributed by atoms with van der Waals surface area (Å²) in [6.07, 6.45) is 0.361. The second-order valence-electron chi connectivity index (χ2n) is 7.66. The average Bonchev–Trinajstić information content (AvgIpc) is 3.19. The van der Waals surface area contributed by atoms with Crippen molar-refractivity contribution in [1.29, 1.82) is 0 Å².